The van der Waals surface area contributed by atoms with E-state index in [-0.39, 0.29) is 5.56 Å². The molecule has 0 fully saturated rings. The molecule has 0 spiro atoms. The van der Waals surface area contributed by atoms with Crippen LogP contribution in [0.4, 0.5) is 11.4 Å². The van der Waals surface area contributed by atoms with E-state index in [1.807, 2.05) is 37.2 Å². The van der Waals surface area contributed by atoms with E-state index in [1.54, 1.807) is 18.3 Å². The first-order valence-corrected chi connectivity index (χ1v) is 6.79. The fourth-order valence-electron chi connectivity index (χ4n) is 1.85. The molecule has 6 heteroatoms. The summed E-state index contributed by atoms with van der Waals surface area (Å²) in [7, 11) is 3.75. The molecule has 6 nitrogen and oxygen atoms in total. The maximum absolute atomic E-state index is 11.9. The Morgan fingerprint density at radius 3 is 2.81 bits per heavy atom. The van der Waals surface area contributed by atoms with E-state index in [2.05, 4.69) is 5.10 Å². The second-order valence-electron chi connectivity index (χ2n) is 4.94. The maximum Gasteiger partial charge on any atom is 0.268 e. The number of nitrogens with zero attached hydrogens (tertiary/aromatic N) is 3. The minimum Gasteiger partial charge on any atom is -0.493 e. The number of hydrogen-bond donors (Lipinski definition) is 1. The highest BCUT2D eigenvalue weighted by Gasteiger charge is 2.02. The molecule has 2 N–H and O–H groups in total. The quantitative estimate of drug-likeness (QED) is 0.642. The summed E-state index contributed by atoms with van der Waals surface area (Å²) >= 11 is 0. The first kappa shape index (κ1) is 14.9. The van der Waals surface area contributed by atoms with Crippen LogP contribution in [0.3, 0.4) is 0 Å². The molecule has 0 unspecified atom stereocenters. The van der Waals surface area contributed by atoms with Crippen LogP contribution in [0.2, 0.25) is 0 Å². The van der Waals surface area contributed by atoms with Gasteiger partial charge >= 0.3 is 0 Å². The molecule has 0 atom stereocenters. The highest BCUT2D eigenvalue weighted by atomic mass is 16.5. The van der Waals surface area contributed by atoms with Gasteiger partial charge in [-0.3, -0.25) is 4.79 Å². The number of aromatic nitrogens is 2. The van der Waals surface area contributed by atoms with Crippen molar-refractivity contribution in [1.29, 1.82) is 0 Å². The van der Waals surface area contributed by atoms with Crippen molar-refractivity contribution in [2.24, 2.45) is 0 Å². The van der Waals surface area contributed by atoms with E-state index < -0.39 is 0 Å². The fraction of sp³-hybridized carbons (Fsp3) is 0.333. The third-order valence-electron chi connectivity index (χ3n) is 3.01. The lowest BCUT2D eigenvalue weighted by Crippen LogP contribution is -2.24. The van der Waals surface area contributed by atoms with Gasteiger partial charge in [0, 0.05) is 44.9 Å². The van der Waals surface area contributed by atoms with Crippen LogP contribution in [0.1, 0.15) is 6.42 Å². The molecular formula is C15H20N4O2. The predicted octanol–water partition coefficient (Wildman–Crippen LogP) is 1.36. The Kier molecular flexibility index (Phi) is 4.81. The topological polar surface area (TPSA) is 73.4 Å². The Bertz CT molecular complexity index is 652. The maximum atomic E-state index is 11.9. The van der Waals surface area contributed by atoms with Gasteiger partial charge in [0.2, 0.25) is 0 Å². The number of aryl methyl sites for hydroxylation is 1. The summed E-state index contributed by atoms with van der Waals surface area (Å²) in [6.07, 6.45) is 2.38. The van der Waals surface area contributed by atoms with Crippen LogP contribution in [-0.2, 0) is 6.54 Å². The van der Waals surface area contributed by atoms with E-state index in [0.29, 0.717) is 25.3 Å². The number of nitrogen functional groups attached to an aromatic ring is 1. The zero-order chi connectivity index (χ0) is 15.2. The Morgan fingerprint density at radius 2 is 2.14 bits per heavy atom. The molecule has 0 bridgehead atoms. The molecule has 2 aromatic rings. The number of rotatable bonds is 6. The summed E-state index contributed by atoms with van der Waals surface area (Å²) < 4.78 is 7.02. The van der Waals surface area contributed by atoms with Gasteiger partial charge in [-0.05, 0) is 12.1 Å². The van der Waals surface area contributed by atoms with Gasteiger partial charge in [-0.15, -0.1) is 0 Å². The number of hydrogen-bond acceptors (Lipinski definition) is 5. The van der Waals surface area contributed by atoms with Gasteiger partial charge in [-0.1, -0.05) is 6.07 Å². The highest BCUT2D eigenvalue weighted by molar-refractivity contribution is 5.43. The van der Waals surface area contributed by atoms with Gasteiger partial charge in [0.1, 0.15) is 5.75 Å². The van der Waals surface area contributed by atoms with Crippen molar-refractivity contribution < 1.29 is 4.74 Å². The molecule has 0 amide bonds. The van der Waals surface area contributed by atoms with Crippen molar-refractivity contribution in [2.45, 2.75) is 13.0 Å². The summed E-state index contributed by atoms with van der Waals surface area (Å²) in [5.41, 5.74) is 7.04. The zero-order valence-electron chi connectivity index (χ0n) is 12.3. The van der Waals surface area contributed by atoms with Crippen LogP contribution >= 0.6 is 0 Å². The van der Waals surface area contributed by atoms with Gasteiger partial charge in [0.15, 0.2) is 0 Å². The van der Waals surface area contributed by atoms with Crippen molar-refractivity contribution in [1.82, 2.24) is 9.78 Å². The second-order valence-corrected chi connectivity index (χ2v) is 4.94. The van der Waals surface area contributed by atoms with E-state index in [4.69, 9.17) is 10.5 Å². The standard InChI is InChI=1S/C15H20N4O2/c1-18(2)13-10-15(20)19(17-11-13)7-4-8-21-14-6-3-5-12(16)9-14/h3,5-6,9-11H,4,7-8,16H2,1-2H3. The molecule has 1 aromatic carbocycles. The summed E-state index contributed by atoms with van der Waals surface area (Å²) in [6, 6.07) is 8.86. The smallest absolute Gasteiger partial charge is 0.268 e. The van der Waals surface area contributed by atoms with E-state index >= 15 is 0 Å². The van der Waals surface area contributed by atoms with Gasteiger partial charge in [-0.25, -0.2) is 4.68 Å². The minimum atomic E-state index is -0.106. The summed E-state index contributed by atoms with van der Waals surface area (Å²) in [4.78, 5) is 13.7. The van der Waals surface area contributed by atoms with Gasteiger partial charge in [0.25, 0.3) is 5.56 Å². The second kappa shape index (κ2) is 6.78. The molecule has 1 aromatic heterocycles. The van der Waals surface area contributed by atoms with Gasteiger partial charge in [0.05, 0.1) is 18.5 Å². The normalized spacial score (nSPS) is 10.4. The number of benzene rings is 1. The molecule has 0 aliphatic rings. The van der Waals surface area contributed by atoms with E-state index in [0.717, 1.165) is 11.4 Å². The largest absolute Gasteiger partial charge is 0.493 e. The molecular weight excluding hydrogens is 268 g/mol. The van der Waals surface area contributed by atoms with Crippen molar-refractivity contribution in [3.8, 4) is 5.75 Å². The van der Waals surface area contributed by atoms with Crippen molar-refractivity contribution in [2.75, 3.05) is 31.3 Å². The Labute approximate surface area is 123 Å². The van der Waals surface area contributed by atoms with Crippen LogP contribution in [0, 0.1) is 0 Å². The van der Waals surface area contributed by atoms with Crippen molar-refractivity contribution in [3.05, 3.63) is 46.9 Å². The van der Waals surface area contributed by atoms with Gasteiger partial charge < -0.3 is 15.4 Å². The molecule has 0 saturated heterocycles. The molecule has 0 saturated carbocycles. The lowest BCUT2D eigenvalue weighted by Gasteiger charge is -2.12. The average molecular weight is 288 g/mol. The van der Waals surface area contributed by atoms with Crippen LogP contribution in [-0.4, -0.2) is 30.5 Å². The van der Waals surface area contributed by atoms with Crippen LogP contribution in [0.25, 0.3) is 0 Å². The Balaban J connectivity index is 1.85. The highest BCUT2D eigenvalue weighted by Crippen LogP contribution is 2.14. The van der Waals surface area contributed by atoms with Crippen molar-refractivity contribution in [3.63, 3.8) is 0 Å². The van der Waals surface area contributed by atoms with Crippen LogP contribution in [0.5, 0.6) is 5.75 Å². The Hall–Kier alpha value is -2.50. The minimum absolute atomic E-state index is 0.106. The summed E-state index contributed by atoms with van der Waals surface area (Å²) in [6.45, 7) is 1.03. The van der Waals surface area contributed by atoms with E-state index in [1.165, 1.54) is 4.68 Å². The predicted molar refractivity (Wildman–Crippen MR) is 83.8 cm³/mol. The van der Waals surface area contributed by atoms with E-state index in [9.17, 15) is 4.79 Å². The average Bonchev–Trinajstić information content (AvgIpc) is 2.45. The lowest BCUT2D eigenvalue weighted by atomic mass is 10.3. The number of nitrogens with two attached hydrogens (primary N) is 1. The molecule has 1 heterocycles. The number of anilines is 2. The third kappa shape index (κ3) is 4.24. The monoisotopic (exact) mass is 288 g/mol. The first-order chi connectivity index (χ1) is 10.1. The fourth-order valence-corrected chi connectivity index (χ4v) is 1.85. The Morgan fingerprint density at radius 1 is 1.33 bits per heavy atom. The zero-order valence-corrected chi connectivity index (χ0v) is 12.3. The molecule has 0 aliphatic heterocycles. The molecule has 112 valence electrons. The summed E-state index contributed by atoms with van der Waals surface area (Å²) in [5.74, 6) is 0.735. The van der Waals surface area contributed by atoms with Crippen molar-refractivity contribution >= 4 is 11.4 Å². The lowest BCUT2D eigenvalue weighted by molar-refractivity contribution is 0.297. The molecule has 2 rings (SSSR count). The third-order valence-corrected chi connectivity index (χ3v) is 3.01. The molecule has 21 heavy (non-hydrogen) atoms. The van der Waals surface area contributed by atoms with Crippen LogP contribution < -0.4 is 20.9 Å². The molecule has 0 aliphatic carbocycles. The van der Waals surface area contributed by atoms with Crippen LogP contribution in [0.15, 0.2) is 41.3 Å². The number of ether oxygens (including phenoxy) is 1. The summed E-state index contributed by atoms with van der Waals surface area (Å²) in [5, 5.41) is 4.15. The first-order valence-electron chi connectivity index (χ1n) is 6.79. The SMILES string of the molecule is CN(C)c1cnn(CCCOc2cccc(N)c2)c(=O)c1. The molecule has 0 radical (unpaired) electrons. The van der Waals surface area contributed by atoms with Gasteiger partial charge in [-0.2, -0.15) is 5.10 Å².